The quantitative estimate of drug-likeness (QED) is 0.444. The number of rotatable bonds is 6. The van der Waals surface area contributed by atoms with E-state index in [0.717, 1.165) is 5.25 Å². The van der Waals surface area contributed by atoms with Gasteiger partial charge in [0, 0.05) is 11.0 Å². The molecule has 0 fully saturated rings. The Kier molecular flexibility index (Phi) is 6.47. The van der Waals surface area contributed by atoms with Gasteiger partial charge in [-0.3, -0.25) is 0 Å². The fourth-order valence-electron chi connectivity index (χ4n) is 2.10. The first-order valence-corrected chi connectivity index (χ1v) is 7.55. The van der Waals surface area contributed by atoms with Crippen molar-refractivity contribution < 1.29 is 0 Å². The van der Waals surface area contributed by atoms with Gasteiger partial charge in [-0.1, -0.05) is 50.2 Å². The lowest BCUT2D eigenvalue weighted by Gasteiger charge is -2.23. The van der Waals surface area contributed by atoms with Gasteiger partial charge in [0.25, 0.3) is 0 Å². The summed E-state index contributed by atoms with van der Waals surface area (Å²) in [5.41, 5.74) is 3.29. The Hall–Kier alpha value is 0.0900. The molecular formula is C14H26S. The second-order valence-corrected chi connectivity index (χ2v) is 6.19. The molecule has 0 nitrogen and oxygen atoms in total. The molecule has 0 aromatic carbocycles. The highest BCUT2D eigenvalue weighted by Crippen LogP contribution is 2.32. The first-order chi connectivity index (χ1) is 7.24. The Morgan fingerprint density at radius 3 is 2.47 bits per heavy atom. The van der Waals surface area contributed by atoms with Gasteiger partial charge in [0.05, 0.1) is 0 Å². The van der Waals surface area contributed by atoms with E-state index in [0.29, 0.717) is 0 Å². The van der Waals surface area contributed by atoms with Crippen LogP contribution in [0.2, 0.25) is 0 Å². The minimum absolute atomic E-state index is 0.926. The average Bonchev–Trinajstić information content (AvgIpc) is 2.23. The van der Waals surface area contributed by atoms with Crippen LogP contribution in [0.25, 0.3) is 0 Å². The van der Waals surface area contributed by atoms with E-state index >= 15 is 0 Å². The van der Waals surface area contributed by atoms with Crippen molar-refractivity contribution in [3.05, 3.63) is 11.1 Å². The predicted molar refractivity (Wildman–Crippen MR) is 72.6 cm³/mol. The van der Waals surface area contributed by atoms with Crippen LogP contribution >= 0.6 is 11.8 Å². The summed E-state index contributed by atoms with van der Waals surface area (Å²) in [5.74, 6) is 1.28. The molecule has 1 heterocycles. The smallest absolute Gasteiger partial charge is 0.0146 e. The third kappa shape index (κ3) is 5.10. The van der Waals surface area contributed by atoms with Crippen LogP contribution in [0.3, 0.4) is 0 Å². The minimum atomic E-state index is 0.926. The van der Waals surface area contributed by atoms with Gasteiger partial charge in [-0.2, -0.15) is 11.8 Å². The van der Waals surface area contributed by atoms with Crippen molar-refractivity contribution >= 4 is 11.8 Å². The molecule has 0 radical (unpaired) electrons. The molecule has 0 bridgehead atoms. The molecule has 1 aliphatic rings. The van der Waals surface area contributed by atoms with E-state index in [4.69, 9.17) is 0 Å². The maximum atomic E-state index is 2.32. The van der Waals surface area contributed by atoms with E-state index in [9.17, 15) is 0 Å². The zero-order valence-corrected chi connectivity index (χ0v) is 11.5. The van der Waals surface area contributed by atoms with Crippen molar-refractivity contribution in [2.24, 2.45) is 0 Å². The monoisotopic (exact) mass is 226 g/mol. The van der Waals surface area contributed by atoms with Crippen LogP contribution in [0.15, 0.2) is 11.1 Å². The largest absolute Gasteiger partial charge is 0.154 e. The molecule has 1 unspecified atom stereocenters. The highest BCUT2D eigenvalue weighted by atomic mass is 32.2. The summed E-state index contributed by atoms with van der Waals surface area (Å²) in [6.45, 7) is 6.90. The Bertz CT molecular complexity index is 205. The number of unbranched alkanes of at least 4 members (excludes halogenated alkanes) is 4. The molecule has 0 aliphatic carbocycles. The summed E-state index contributed by atoms with van der Waals surface area (Å²) < 4.78 is 0. The first-order valence-electron chi connectivity index (χ1n) is 6.51. The molecule has 0 aromatic rings. The first kappa shape index (κ1) is 13.2. The summed E-state index contributed by atoms with van der Waals surface area (Å²) in [5, 5.41) is 0.926. The lowest BCUT2D eigenvalue weighted by Crippen LogP contribution is -2.11. The zero-order chi connectivity index (χ0) is 11.1. The lowest BCUT2D eigenvalue weighted by atomic mass is 10.0. The van der Waals surface area contributed by atoms with E-state index in [1.807, 2.05) is 0 Å². The second kappa shape index (κ2) is 7.38. The number of thioether (sulfide) groups is 1. The molecule has 1 rings (SSSR count). The van der Waals surface area contributed by atoms with Gasteiger partial charge in [0.15, 0.2) is 0 Å². The van der Waals surface area contributed by atoms with Crippen LogP contribution < -0.4 is 0 Å². The molecule has 0 saturated heterocycles. The van der Waals surface area contributed by atoms with E-state index in [1.54, 1.807) is 11.1 Å². The highest BCUT2D eigenvalue weighted by Gasteiger charge is 2.16. The lowest BCUT2D eigenvalue weighted by molar-refractivity contribution is 0.593. The van der Waals surface area contributed by atoms with Crippen molar-refractivity contribution in [1.29, 1.82) is 0 Å². The van der Waals surface area contributed by atoms with Crippen LogP contribution in [0.1, 0.15) is 65.7 Å². The Labute approximate surface area is 99.9 Å². The Morgan fingerprint density at radius 2 is 1.80 bits per heavy atom. The molecule has 15 heavy (non-hydrogen) atoms. The SMILES string of the molecule is CCCCCCCC1CC(C)=C(C)CS1. The zero-order valence-electron chi connectivity index (χ0n) is 10.6. The van der Waals surface area contributed by atoms with Gasteiger partial charge in [-0.25, -0.2) is 0 Å². The van der Waals surface area contributed by atoms with Crippen LogP contribution in [-0.4, -0.2) is 11.0 Å². The van der Waals surface area contributed by atoms with Crippen molar-refractivity contribution in [2.45, 2.75) is 71.0 Å². The van der Waals surface area contributed by atoms with E-state index in [-0.39, 0.29) is 0 Å². The molecule has 0 saturated carbocycles. The molecule has 1 atom stereocenters. The van der Waals surface area contributed by atoms with Gasteiger partial charge in [-0.05, 0) is 26.7 Å². The maximum Gasteiger partial charge on any atom is 0.0146 e. The van der Waals surface area contributed by atoms with E-state index in [2.05, 4.69) is 32.5 Å². The predicted octanol–water partition coefficient (Wildman–Crippen LogP) is 5.19. The van der Waals surface area contributed by atoms with Crippen LogP contribution in [0.4, 0.5) is 0 Å². The highest BCUT2D eigenvalue weighted by molar-refractivity contribution is 8.00. The van der Waals surface area contributed by atoms with Crippen molar-refractivity contribution in [1.82, 2.24) is 0 Å². The van der Waals surface area contributed by atoms with E-state index < -0.39 is 0 Å². The van der Waals surface area contributed by atoms with Crippen LogP contribution in [0.5, 0.6) is 0 Å². The van der Waals surface area contributed by atoms with Crippen molar-refractivity contribution in [2.75, 3.05) is 5.75 Å². The summed E-state index contributed by atoms with van der Waals surface area (Å²) in [7, 11) is 0. The fraction of sp³-hybridized carbons (Fsp3) is 0.857. The number of hydrogen-bond donors (Lipinski definition) is 0. The molecule has 88 valence electrons. The third-order valence-electron chi connectivity index (χ3n) is 3.43. The Morgan fingerprint density at radius 1 is 1.07 bits per heavy atom. The van der Waals surface area contributed by atoms with Crippen molar-refractivity contribution in [3.8, 4) is 0 Å². The molecular weight excluding hydrogens is 200 g/mol. The topological polar surface area (TPSA) is 0 Å². The number of hydrogen-bond acceptors (Lipinski definition) is 1. The normalized spacial score (nSPS) is 22.2. The summed E-state index contributed by atoms with van der Waals surface area (Å²) in [4.78, 5) is 0. The molecule has 1 heteroatoms. The van der Waals surface area contributed by atoms with Gasteiger partial charge < -0.3 is 0 Å². The molecule has 0 spiro atoms. The summed E-state index contributed by atoms with van der Waals surface area (Å²) >= 11 is 2.18. The maximum absolute atomic E-state index is 2.32. The van der Waals surface area contributed by atoms with Crippen molar-refractivity contribution in [3.63, 3.8) is 0 Å². The molecule has 0 amide bonds. The van der Waals surface area contributed by atoms with Crippen LogP contribution in [0, 0.1) is 0 Å². The molecule has 0 N–H and O–H groups in total. The summed E-state index contributed by atoms with van der Waals surface area (Å²) in [6, 6.07) is 0. The minimum Gasteiger partial charge on any atom is -0.154 e. The fourth-order valence-corrected chi connectivity index (χ4v) is 3.53. The van der Waals surface area contributed by atoms with Gasteiger partial charge in [-0.15, -0.1) is 0 Å². The molecule has 1 aliphatic heterocycles. The number of allylic oxidation sites excluding steroid dienone is 1. The van der Waals surface area contributed by atoms with E-state index in [1.165, 1.54) is 50.7 Å². The third-order valence-corrected chi connectivity index (χ3v) is 4.90. The molecule has 0 aromatic heterocycles. The van der Waals surface area contributed by atoms with Crippen LogP contribution in [-0.2, 0) is 0 Å². The summed E-state index contributed by atoms with van der Waals surface area (Å²) in [6.07, 6.45) is 9.93. The van der Waals surface area contributed by atoms with Gasteiger partial charge >= 0.3 is 0 Å². The standard InChI is InChI=1S/C14H26S/c1-4-5-6-7-8-9-14-10-12(2)13(3)11-15-14/h14H,4-11H2,1-3H3. The Balaban J connectivity index is 2.08. The second-order valence-electron chi connectivity index (χ2n) is 4.90. The van der Waals surface area contributed by atoms with Gasteiger partial charge in [0.1, 0.15) is 0 Å². The average molecular weight is 226 g/mol. The van der Waals surface area contributed by atoms with Gasteiger partial charge in [0.2, 0.25) is 0 Å².